The van der Waals surface area contributed by atoms with E-state index in [2.05, 4.69) is 0 Å². The van der Waals surface area contributed by atoms with Crippen LogP contribution in [0, 0.1) is 0 Å². The monoisotopic (exact) mass is 290 g/mol. The Morgan fingerprint density at radius 3 is 2.45 bits per heavy atom. The highest BCUT2D eigenvalue weighted by Crippen LogP contribution is 2.31. The molecule has 0 unspecified atom stereocenters. The first-order valence-corrected chi connectivity index (χ1v) is 6.07. The van der Waals surface area contributed by atoms with E-state index in [1.165, 1.54) is 4.90 Å². The summed E-state index contributed by atoms with van der Waals surface area (Å²) in [6.07, 6.45) is -4.54. The van der Waals surface area contributed by atoms with E-state index in [0.717, 1.165) is 18.2 Å². The molecule has 1 aromatic rings. The van der Waals surface area contributed by atoms with Crippen LogP contribution in [0.25, 0.3) is 0 Å². The summed E-state index contributed by atoms with van der Waals surface area (Å²) >= 11 is 0. The molecule has 0 aliphatic rings. The van der Waals surface area contributed by atoms with E-state index in [-0.39, 0.29) is 30.4 Å². The molecule has 1 amide bonds. The molecule has 0 saturated heterocycles. The second kappa shape index (κ2) is 6.13. The van der Waals surface area contributed by atoms with Crippen LogP contribution in [0.1, 0.15) is 29.8 Å². The van der Waals surface area contributed by atoms with Crippen molar-refractivity contribution in [2.24, 2.45) is 0 Å². The van der Waals surface area contributed by atoms with Crippen LogP contribution in [0.5, 0.6) is 0 Å². The maximum Gasteiger partial charge on any atom is 0.416 e. The van der Waals surface area contributed by atoms with Crippen LogP contribution in [0.15, 0.2) is 18.2 Å². The number of hydrogen-bond acceptors (Lipinski definition) is 3. The van der Waals surface area contributed by atoms with Crippen molar-refractivity contribution in [3.63, 3.8) is 0 Å². The van der Waals surface area contributed by atoms with Crippen LogP contribution in [0.4, 0.5) is 18.9 Å². The van der Waals surface area contributed by atoms with E-state index < -0.39 is 17.6 Å². The molecule has 7 heteroatoms. The number of carbonyl (C=O) groups excluding carboxylic acids is 1. The summed E-state index contributed by atoms with van der Waals surface area (Å²) in [5.74, 6) is -0.627. The summed E-state index contributed by atoms with van der Waals surface area (Å²) in [7, 11) is 0. The summed E-state index contributed by atoms with van der Waals surface area (Å²) in [5.41, 5.74) is 4.43. The van der Waals surface area contributed by atoms with Gasteiger partial charge in [-0.2, -0.15) is 13.2 Å². The summed E-state index contributed by atoms with van der Waals surface area (Å²) < 4.78 is 38.0. The number of rotatable bonds is 4. The van der Waals surface area contributed by atoms with Crippen molar-refractivity contribution in [1.82, 2.24) is 4.90 Å². The Hall–Kier alpha value is -1.76. The smallest absolute Gasteiger partial charge is 0.398 e. The number of halogens is 3. The predicted octanol–water partition coefficient (Wildman–Crippen LogP) is 2.13. The average molecular weight is 290 g/mol. The Balaban J connectivity index is 3.20. The SMILES string of the molecule is CC(C)N(CCO)C(=O)c1cc(C(F)(F)F)ccc1N. The van der Waals surface area contributed by atoms with E-state index in [1.807, 2.05) is 0 Å². The molecule has 1 aromatic carbocycles. The summed E-state index contributed by atoms with van der Waals surface area (Å²) in [6.45, 7) is 3.17. The lowest BCUT2D eigenvalue weighted by molar-refractivity contribution is -0.137. The Morgan fingerprint density at radius 1 is 1.40 bits per heavy atom. The van der Waals surface area contributed by atoms with Gasteiger partial charge in [-0.15, -0.1) is 0 Å². The highest BCUT2D eigenvalue weighted by Gasteiger charge is 2.32. The maximum atomic E-state index is 12.7. The molecule has 4 nitrogen and oxygen atoms in total. The molecular formula is C13H17F3N2O2. The normalized spacial score (nSPS) is 11.8. The Kier molecular flexibility index (Phi) is 4.99. The van der Waals surface area contributed by atoms with Crippen molar-refractivity contribution in [1.29, 1.82) is 0 Å². The molecular weight excluding hydrogens is 273 g/mol. The first kappa shape index (κ1) is 16.3. The number of nitrogens with two attached hydrogens (primary N) is 1. The van der Waals surface area contributed by atoms with Gasteiger partial charge in [0.05, 0.1) is 17.7 Å². The van der Waals surface area contributed by atoms with Gasteiger partial charge in [0.25, 0.3) is 5.91 Å². The quantitative estimate of drug-likeness (QED) is 0.835. The molecule has 20 heavy (non-hydrogen) atoms. The molecule has 0 bridgehead atoms. The topological polar surface area (TPSA) is 66.6 Å². The van der Waals surface area contributed by atoms with Crippen molar-refractivity contribution < 1.29 is 23.1 Å². The van der Waals surface area contributed by atoms with Crippen LogP contribution < -0.4 is 5.73 Å². The highest BCUT2D eigenvalue weighted by atomic mass is 19.4. The Labute approximate surface area is 115 Å². The molecule has 0 fully saturated rings. The average Bonchev–Trinajstić information content (AvgIpc) is 2.34. The number of aliphatic hydroxyl groups is 1. The zero-order chi connectivity index (χ0) is 15.5. The fourth-order valence-corrected chi connectivity index (χ4v) is 1.77. The maximum absolute atomic E-state index is 12.7. The van der Waals surface area contributed by atoms with Crippen LogP contribution >= 0.6 is 0 Å². The summed E-state index contributed by atoms with van der Waals surface area (Å²) in [6, 6.07) is 2.37. The lowest BCUT2D eigenvalue weighted by Gasteiger charge is -2.26. The molecule has 3 N–H and O–H groups in total. The minimum absolute atomic E-state index is 0.0217. The van der Waals surface area contributed by atoms with Gasteiger partial charge in [-0.25, -0.2) is 0 Å². The standard InChI is InChI=1S/C13H17F3N2O2/c1-8(2)18(5-6-19)12(20)10-7-9(13(14,15)16)3-4-11(10)17/h3-4,7-8,19H,5-6,17H2,1-2H3. The number of nitrogens with zero attached hydrogens (tertiary/aromatic N) is 1. The molecule has 112 valence electrons. The third-order valence-electron chi connectivity index (χ3n) is 2.84. The minimum Gasteiger partial charge on any atom is -0.398 e. The van der Waals surface area contributed by atoms with Crippen LogP contribution in [-0.4, -0.2) is 35.1 Å². The number of anilines is 1. The zero-order valence-electron chi connectivity index (χ0n) is 11.2. The van der Waals surface area contributed by atoms with Gasteiger partial charge < -0.3 is 15.7 Å². The van der Waals surface area contributed by atoms with Crippen molar-refractivity contribution in [3.8, 4) is 0 Å². The minimum atomic E-state index is -4.54. The molecule has 0 aromatic heterocycles. The molecule has 0 atom stereocenters. The van der Waals surface area contributed by atoms with Crippen molar-refractivity contribution in [3.05, 3.63) is 29.3 Å². The summed E-state index contributed by atoms with van der Waals surface area (Å²) in [5, 5.41) is 8.93. The van der Waals surface area contributed by atoms with Gasteiger partial charge in [0.2, 0.25) is 0 Å². The largest absolute Gasteiger partial charge is 0.416 e. The lowest BCUT2D eigenvalue weighted by atomic mass is 10.1. The molecule has 0 aliphatic heterocycles. The van der Waals surface area contributed by atoms with Gasteiger partial charge in [0.1, 0.15) is 0 Å². The Bertz CT molecular complexity index is 487. The van der Waals surface area contributed by atoms with Gasteiger partial charge in [-0.3, -0.25) is 4.79 Å². The van der Waals surface area contributed by atoms with Crippen molar-refractivity contribution in [2.45, 2.75) is 26.1 Å². The van der Waals surface area contributed by atoms with Crippen LogP contribution in [0.3, 0.4) is 0 Å². The van der Waals surface area contributed by atoms with Crippen LogP contribution in [-0.2, 0) is 6.18 Å². The van der Waals surface area contributed by atoms with Gasteiger partial charge in [0.15, 0.2) is 0 Å². The predicted molar refractivity (Wildman–Crippen MR) is 69.1 cm³/mol. The van der Waals surface area contributed by atoms with Gasteiger partial charge in [0, 0.05) is 18.3 Å². The number of hydrogen-bond donors (Lipinski definition) is 2. The fraction of sp³-hybridized carbons (Fsp3) is 0.462. The molecule has 1 rings (SSSR count). The highest BCUT2D eigenvalue weighted by molar-refractivity contribution is 5.99. The fourth-order valence-electron chi connectivity index (χ4n) is 1.77. The number of amides is 1. The first-order chi connectivity index (χ1) is 9.18. The number of nitrogen functional groups attached to an aromatic ring is 1. The third-order valence-corrected chi connectivity index (χ3v) is 2.84. The van der Waals surface area contributed by atoms with Crippen LogP contribution in [0.2, 0.25) is 0 Å². The number of alkyl halides is 3. The van der Waals surface area contributed by atoms with Crippen molar-refractivity contribution in [2.75, 3.05) is 18.9 Å². The third kappa shape index (κ3) is 3.63. The number of carbonyl (C=O) groups is 1. The van der Waals surface area contributed by atoms with E-state index >= 15 is 0 Å². The second-order valence-corrected chi connectivity index (χ2v) is 4.62. The first-order valence-electron chi connectivity index (χ1n) is 6.07. The zero-order valence-corrected chi connectivity index (χ0v) is 11.2. The van der Waals surface area contributed by atoms with E-state index in [1.54, 1.807) is 13.8 Å². The van der Waals surface area contributed by atoms with Crippen molar-refractivity contribution >= 4 is 11.6 Å². The van der Waals surface area contributed by atoms with E-state index in [0.29, 0.717) is 0 Å². The molecule has 0 heterocycles. The van der Waals surface area contributed by atoms with E-state index in [9.17, 15) is 18.0 Å². The van der Waals surface area contributed by atoms with Gasteiger partial charge in [-0.1, -0.05) is 0 Å². The van der Waals surface area contributed by atoms with E-state index in [4.69, 9.17) is 10.8 Å². The second-order valence-electron chi connectivity index (χ2n) is 4.62. The molecule has 0 saturated carbocycles. The van der Waals surface area contributed by atoms with Gasteiger partial charge >= 0.3 is 6.18 Å². The van der Waals surface area contributed by atoms with Gasteiger partial charge in [-0.05, 0) is 32.0 Å². The molecule has 0 radical (unpaired) electrons. The summed E-state index contributed by atoms with van der Waals surface area (Å²) in [4.78, 5) is 13.5. The lowest BCUT2D eigenvalue weighted by Crippen LogP contribution is -2.39. The Morgan fingerprint density at radius 2 is 2.00 bits per heavy atom. The molecule has 0 aliphatic carbocycles. The number of aliphatic hydroxyl groups excluding tert-OH is 1. The molecule has 0 spiro atoms. The number of benzene rings is 1.